The van der Waals surface area contributed by atoms with Crippen molar-refractivity contribution >= 4 is 87.0 Å². The molecular weight excluding hydrogens is 657 g/mol. The van der Waals surface area contributed by atoms with Crippen LogP contribution in [0, 0.1) is 0 Å². The summed E-state index contributed by atoms with van der Waals surface area (Å²) >= 11 is 0. The lowest BCUT2D eigenvalue weighted by atomic mass is 9.83. The van der Waals surface area contributed by atoms with Crippen LogP contribution >= 0.6 is 0 Å². The van der Waals surface area contributed by atoms with Crippen molar-refractivity contribution in [3.63, 3.8) is 0 Å². The first-order valence-electron chi connectivity index (χ1n) is 18.5. The lowest BCUT2D eigenvalue weighted by Gasteiger charge is -2.20. The molecule has 2 heterocycles. The van der Waals surface area contributed by atoms with Gasteiger partial charge >= 0.3 is 0 Å². The second kappa shape index (κ2) is 11.2. The molecule has 12 aromatic rings. The molecule has 0 unspecified atom stereocenters. The van der Waals surface area contributed by atoms with E-state index in [0.29, 0.717) is 0 Å². The molecular formula is C52H30O2. The molecule has 0 aliphatic rings. The molecule has 0 amide bonds. The number of benzene rings is 10. The van der Waals surface area contributed by atoms with E-state index in [2.05, 4.69) is 170 Å². The van der Waals surface area contributed by atoms with Gasteiger partial charge in [0, 0.05) is 21.5 Å². The predicted octanol–water partition coefficient (Wildman–Crippen LogP) is 15.1. The maximum Gasteiger partial charge on any atom is 0.147 e. The fraction of sp³-hybridized carbons (Fsp3) is 0. The Bertz CT molecular complexity index is 3360. The van der Waals surface area contributed by atoms with Gasteiger partial charge in [0.15, 0.2) is 0 Å². The summed E-state index contributed by atoms with van der Waals surface area (Å²) in [7, 11) is 0. The number of rotatable bonds is 3. The van der Waals surface area contributed by atoms with Gasteiger partial charge in [-0.2, -0.15) is 0 Å². The van der Waals surface area contributed by atoms with Crippen LogP contribution in [0.25, 0.3) is 120 Å². The lowest BCUT2D eigenvalue weighted by molar-refractivity contribution is 0.658. The van der Waals surface area contributed by atoms with Crippen LogP contribution in [0.3, 0.4) is 0 Å². The summed E-state index contributed by atoms with van der Waals surface area (Å²) in [6.07, 6.45) is 0. The van der Waals surface area contributed by atoms with E-state index in [4.69, 9.17) is 8.83 Å². The first kappa shape index (κ1) is 29.4. The van der Waals surface area contributed by atoms with Gasteiger partial charge < -0.3 is 8.83 Å². The molecule has 2 heteroatoms. The zero-order chi connectivity index (χ0) is 35.3. The number of furan rings is 2. The molecule has 0 radical (unpaired) electrons. The number of para-hydroxylation sites is 2. The highest BCUT2D eigenvalue weighted by molar-refractivity contribution is 6.27. The molecule has 0 aliphatic carbocycles. The SMILES string of the molecule is c1ccc2cc(-c3c4ccccc4c(-c4ccc(-c5c6oc7ccccc7c6cc6c5oc5ccccc56)c5ccccc45)c4ccccc34)ccc2c1. The van der Waals surface area contributed by atoms with E-state index >= 15 is 0 Å². The van der Waals surface area contributed by atoms with Gasteiger partial charge in [0.25, 0.3) is 0 Å². The summed E-state index contributed by atoms with van der Waals surface area (Å²) in [5, 5.41) is 14.2. The minimum Gasteiger partial charge on any atom is -0.455 e. The van der Waals surface area contributed by atoms with Crippen LogP contribution in [0.4, 0.5) is 0 Å². The molecule has 0 saturated carbocycles. The van der Waals surface area contributed by atoms with Crippen molar-refractivity contribution in [1.82, 2.24) is 0 Å². The van der Waals surface area contributed by atoms with E-state index in [0.717, 1.165) is 60.4 Å². The maximum atomic E-state index is 6.74. The van der Waals surface area contributed by atoms with Gasteiger partial charge in [0.05, 0.1) is 5.56 Å². The van der Waals surface area contributed by atoms with Crippen molar-refractivity contribution in [2.75, 3.05) is 0 Å². The van der Waals surface area contributed by atoms with Crippen LogP contribution in [-0.4, -0.2) is 0 Å². The van der Waals surface area contributed by atoms with Crippen molar-refractivity contribution in [2.45, 2.75) is 0 Å². The fourth-order valence-electron chi connectivity index (χ4n) is 9.09. The van der Waals surface area contributed by atoms with Gasteiger partial charge in [-0.05, 0) is 95.2 Å². The van der Waals surface area contributed by atoms with E-state index in [1.54, 1.807) is 0 Å². The molecule has 0 spiro atoms. The largest absolute Gasteiger partial charge is 0.455 e. The van der Waals surface area contributed by atoms with Crippen LogP contribution in [-0.2, 0) is 0 Å². The Labute approximate surface area is 310 Å². The van der Waals surface area contributed by atoms with Crippen LogP contribution in [0.1, 0.15) is 0 Å². The Balaban J connectivity index is 1.18. The Hall–Kier alpha value is -7.16. The molecule has 0 fully saturated rings. The Morgan fingerprint density at radius 3 is 1.24 bits per heavy atom. The molecule has 0 saturated heterocycles. The van der Waals surface area contributed by atoms with Gasteiger partial charge in [-0.3, -0.25) is 0 Å². The summed E-state index contributed by atoms with van der Waals surface area (Å²) < 4.78 is 13.5. The van der Waals surface area contributed by atoms with E-state index in [9.17, 15) is 0 Å². The zero-order valence-corrected chi connectivity index (χ0v) is 29.1. The molecule has 10 aromatic carbocycles. The summed E-state index contributed by atoms with van der Waals surface area (Å²) in [4.78, 5) is 0. The molecule has 2 nitrogen and oxygen atoms in total. The average molecular weight is 687 g/mol. The van der Waals surface area contributed by atoms with E-state index < -0.39 is 0 Å². The highest BCUT2D eigenvalue weighted by atomic mass is 16.3. The second-order valence-corrected chi connectivity index (χ2v) is 14.3. The lowest BCUT2D eigenvalue weighted by Crippen LogP contribution is -1.93. The Morgan fingerprint density at radius 2 is 0.685 bits per heavy atom. The molecule has 0 N–H and O–H groups in total. The molecule has 0 bridgehead atoms. The summed E-state index contributed by atoms with van der Waals surface area (Å²) in [5.74, 6) is 0. The van der Waals surface area contributed by atoms with Gasteiger partial charge in [0.1, 0.15) is 22.3 Å². The first-order valence-corrected chi connectivity index (χ1v) is 18.5. The summed E-state index contributed by atoms with van der Waals surface area (Å²) in [6.45, 7) is 0. The van der Waals surface area contributed by atoms with Gasteiger partial charge in [-0.1, -0.05) is 158 Å². The number of hydrogen-bond donors (Lipinski definition) is 0. The van der Waals surface area contributed by atoms with Gasteiger partial charge in [-0.25, -0.2) is 0 Å². The van der Waals surface area contributed by atoms with E-state index in [1.165, 1.54) is 60.0 Å². The topological polar surface area (TPSA) is 26.3 Å². The molecule has 54 heavy (non-hydrogen) atoms. The van der Waals surface area contributed by atoms with Crippen LogP contribution in [0.5, 0.6) is 0 Å². The van der Waals surface area contributed by atoms with Crippen molar-refractivity contribution in [3.8, 4) is 33.4 Å². The quantitative estimate of drug-likeness (QED) is 0.173. The highest BCUT2D eigenvalue weighted by Crippen LogP contribution is 2.50. The van der Waals surface area contributed by atoms with Crippen molar-refractivity contribution < 1.29 is 8.83 Å². The Kier molecular flexibility index (Phi) is 6.09. The minimum atomic E-state index is 0.844. The number of fused-ring (bicyclic) bond motifs is 10. The highest BCUT2D eigenvalue weighted by Gasteiger charge is 2.24. The molecule has 250 valence electrons. The predicted molar refractivity (Wildman–Crippen MR) is 227 cm³/mol. The Morgan fingerprint density at radius 1 is 0.259 bits per heavy atom. The average Bonchev–Trinajstić information content (AvgIpc) is 3.80. The van der Waals surface area contributed by atoms with Crippen molar-refractivity contribution in [1.29, 1.82) is 0 Å². The number of hydrogen-bond acceptors (Lipinski definition) is 2. The second-order valence-electron chi connectivity index (χ2n) is 14.3. The van der Waals surface area contributed by atoms with E-state index in [-0.39, 0.29) is 0 Å². The maximum absolute atomic E-state index is 6.74. The fourth-order valence-corrected chi connectivity index (χ4v) is 9.09. The molecule has 0 aliphatic heterocycles. The van der Waals surface area contributed by atoms with Crippen LogP contribution < -0.4 is 0 Å². The molecule has 12 rings (SSSR count). The third-order valence-electron chi connectivity index (χ3n) is 11.4. The summed E-state index contributed by atoms with van der Waals surface area (Å²) in [6, 6.07) is 65.6. The third-order valence-corrected chi connectivity index (χ3v) is 11.4. The monoisotopic (exact) mass is 686 g/mol. The van der Waals surface area contributed by atoms with Gasteiger partial charge in [-0.15, -0.1) is 0 Å². The zero-order valence-electron chi connectivity index (χ0n) is 29.1. The first-order chi connectivity index (χ1) is 26.8. The van der Waals surface area contributed by atoms with Crippen LogP contribution in [0.2, 0.25) is 0 Å². The standard InChI is InChI=1S/C52H30O2/c1-2-14-32-29-33(26-25-31(32)13-1)48-38-19-5-7-21-40(38)49(41-22-8-6-20-39(41)48)42-27-28-43(35-16-4-3-15-34(35)42)50-51-44(36-17-9-11-23-46(36)53-51)30-45-37-18-10-12-24-47(37)54-52(45)50/h1-30H. The smallest absolute Gasteiger partial charge is 0.147 e. The molecule has 0 atom stereocenters. The van der Waals surface area contributed by atoms with Crippen molar-refractivity contribution in [2.24, 2.45) is 0 Å². The normalized spacial score (nSPS) is 12.1. The van der Waals surface area contributed by atoms with Gasteiger partial charge in [0.2, 0.25) is 0 Å². The molecule has 2 aromatic heterocycles. The summed E-state index contributed by atoms with van der Waals surface area (Å²) in [5.41, 5.74) is 10.4. The third kappa shape index (κ3) is 4.11. The van der Waals surface area contributed by atoms with E-state index in [1.807, 2.05) is 12.1 Å². The van der Waals surface area contributed by atoms with Crippen LogP contribution in [0.15, 0.2) is 191 Å². The van der Waals surface area contributed by atoms with Crippen molar-refractivity contribution in [3.05, 3.63) is 182 Å². The minimum absolute atomic E-state index is 0.844.